The highest BCUT2D eigenvalue weighted by Gasteiger charge is 2.18. The Morgan fingerprint density at radius 1 is 0.276 bits per heavy atom. The summed E-state index contributed by atoms with van der Waals surface area (Å²) in [5.41, 5.74) is 11.3. The lowest BCUT2D eigenvalue weighted by atomic mass is 9.84. The van der Waals surface area contributed by atoms with Crippen molar-refractivity contribution in [3.63, 3.8) is 0 Å². The molecule has 0 spiro atoms. The molecular weight excluding hydrogens is 705 g/mol. The van der Waals surface area contributed by atoms with Gasteiger partial charge >= 0.3 is 0 Å². The van der Waals surface area contributed by atoms with Crippen molar-refractivity contribution in [2.75, 3.05) is 0 Å². The molecule has 0 saturated heterocycles. The van der Waals surface area contributed by atoms with E-state index >= 15 is 0 Å². The van der Waals surface area contributed by atoms with Crippen LogP contribution in [0.4, 0.5) is 0 Å². The third-order valence-electron chi connectivity index (χ3n) is 11.3. The average molecular weight is 739 g/mol. The number of fused-ring (bicyclic) bond motifs is 4. The Balaban J connectivity index is 1.03. The van der Waals surface area contributed by atoms with Crippen LogP contribution in [0.1, 0.15) is 0 Å². The Labute approximate surface area is 335 Å². The van der Waals surface area contributed by atoms with Gasteiger partial charge in [0.15, 0.2) is 11.6 Å². The first kappa shape index (κ1) is 33.5. The smallest absolute Gasteiger partial charge is 0.163 e. The van der Waals surface area contributed by atoms with Gasteiger partial charge in [-0.1, -0.05) is 158 Å². The van der Waals surface area contributed by atoms with E-state index in [1.54, 1.807) is 18.7 Å². The van der Waals surface area contributed by atoms with E-state index in [1.807, 2.05) is 12.1 Å². The standard InChI is InChI=1S/C54H34N4/c1-3-9-42-31-45(23-17-35(42)7-1)51-47-11-5-6-12-48(47)52(46-24-18-36-8-2-4-10-43(36)32-46)50-33-44(25-26-49(50)51)38-15-21-41(22-16-38)54-57-34-56-53(58-54)40-19-13-37(14-20-40)39-27-29-55-30-28-39/h1-34H. The van der Waals surface area contributed by atoms with Crippen LogP contribution in [0.5, 0.6) is 0 Å². The predicted octanol–water partition coefficient (Wildman–Crippen LogP) is 13.9. The van der Waals surface area contributed by atoms with Crippen molar-refractivity contribution in [3.8, 4) is 67.3 Å². The molecule has 0 aliphatic rings. The lowest BCUT2D eigenvalue weighted by molar-refractivity contribution is 1.07. The number of rotatable bonds is 6. The predicted molar refractivity (Wildman–Crippen MR) is 240 cm³/mol. The highest BCUT2D eigenvalue weighted by Crippen LogP contribution is 2.46. The zero-order chi connectivity index (χ0) is 38.4. The van der Waals surface area contributed by atoms with E-state index in [4.69, 9.17) is 4.98 Å². The van der Waals surface area contributed by atoms with Gasteiger partial charge in [0, 0.05) is 23.5 Å². The summed E-state index contributed by atoms with van der Waals surface area (Å²) in [6.45, 7) is 0. The van der Waals surface area contributed by atoms with Gasteiger partial charge in [-0.15, -0.1) is 0 Å². The van der Waals surface area contributed by atoms with Gasteiger partial charge in [-0.2, -0.15) is 0 Å². The van der Waals surface area contributed by atoms with Gasteiger partial charge in [0.25, 0.3) is 0 Å². The topological polar surface area (TPSA) is 51.6 Å². The summed E-state index contributed by atoms with van der Waals surface area (Å²) < 4.78 is 0. The third-order valence-corrected chi connectivity index (χ3v) is 11.3. The maximum atomic E-state index is 4.88. The first-order valence-corrected chi connectivity index (χ1v) is 19.5. The minimum absolute atomic E-state index is 0.637. The zero-order valence-corrected chi connectivity index (χ0v) is 31.4. The van der Waals surface area contributed by atoms with E-state index in [1.165, 1.54) is 65.3 Å². The molecule has 58 heavy (non-hydrogen) atoms. The van der Waals surface area contributed by atoms with Gasteiger partial charge in [0.05, 0.1) is 0 Å². The number of benzene rings is 9. The van der Waals surface area contributed by atoms with Crippen LogP contribution in [0.15, 0.2) is 207 Å². The van der Waals surface area contributed by atoms with Crippen molar-refractivity contribution in [2.45, 2.75) is 0 Å². The van der Waals surface area contributed by atoms with Crippen LogP contribution in [0.3, 0.4) is 0 Å². The normalized spacial score (nSPS) is 11.4. The van der Waals surface area contributed by atoms with Gasteiger partial charge in [-0.3, -0.25) is 4.98 Å². The number of hydrogen-bond acceptors (Lipinski definition) is 4. The molecule has 2 aromatic heterocycles. The largest absolute Gasteiger partial charge is 0.265 e. The Hall–Kier alpha value is -7.82. The van der Waals surface area contributed by atoms with E-state index in [2.05, 4.69) is 191 Å². The first-order chi connectivity index (χ1) is 28.7. The molecule has 2 heterocycles. The molecule has 270 valence electrons. The molecule has 4 nitrogen and oxygen atoms in total. The van der Waals surface area contributed by atoms with Gasteiger partial charge in [-0.05, 0) is 118 Å². The second kappa shape index (κ2) is 14.0. The van der Waals surface area contributed by atoms with Crippen molar-refractivity contribution >= 4 is 43.1 Å². The lowest BCUT2D eigenvalue weighted by Crippen LogP contribution is -1.95. The fourth-order valence-corrected chi connectivity index (χ4v) is 8.41. The second-order valence-electron chi connectivity index (χ2n) is 14.7. The van der Waals surface area contributed by atoms with E-state index in [-0.39, 0.29) is 0 Å². The maximum Gasteiger partial charge on any atom is 0.163 e. The molecule has 0 saturated carbocycles. The van der Waals surface area contributed by atoms with E-state index in [9.17, 15) is 0 Å². The molecule has 4 heteroatoms. The van der Waals surface area contributed by atoms with Crippen LogP contribution >= 0.6 is 0 Å². The monoisotopic (exact) mass is 738 g/mol. The number of pyridine rings is 1. The highest BCUT2D eigenvalue weighted by atomic mass is 15.0. The SMILES string of the molecule is c1ccc2cc(-c3c4ccccc4c(-c4ccc5ccccc5c4)c4cc(-c5ccc(-c6ncnc(-c7ccc(-c8ccncc8)cc7)n6)cc5)ccc34)ccc2c1. The summed E-state index contributed by atoms with van der Waals surface area (Å²) in [5, 5.41) is 9.85. The maximum absolute atomic E-state index is 4.88. The highest BCUT2D eigenvalue weighted by molar-refractivity contribution is 6.22. The third kappa shape index (κ3) is 5.96. The average Bonchev–Trinajstić information content (AvgIpc) is 3.30. The number of hydrogen-bond donors (Lipinski definition) is 0. The lowest BCUT2D eigenvalue weighted by Gasteiger charge is -2.19. The fourth-order valence-electron chi connectivity index (χ4n) is 8.41. The number of nitrogens with zero attached hydrogens (tertiary/aromatic N) is 4. The van der Waals surface area contributed by atoms with Gasteiger partial charge in [0.2, 0.25) is 0 Å². The van der Waals surface area contributed by atoms with Crippen molar-refractivity contribution in [2.24, 2.45) is 0 Å². The molecule has 0 fully saturated rings. The summed E-state index contributed by atoms with van der Waals surface area (Å²) >= 11 is 0. The molecule has 9 aromatic carbocycles. The Bertz CT molecular complexity index is 3320. The molecule has 0 bridgehead atoms. The number of aromatic nitrogens is 4. The minimum atomic E-state index is 0.637. The molecule has 11 aromatic rings. The Morgan fingerprint density at radius 2 is 0.690 bits per heavy atom. The molecule has 0 aliphatic carbocycles. The van der Waals surface area contributed by atoms with E-state index < -0.39 is 0 Å². The van der Waals surface area contributed by atoms with Gasteiger partial charge < -0.3 is 0 Å². The quantitative estimate of drug-likeness (QED) is 0.159. The summed E-state index contributed by atoms with van der Waals surface area (Å²) in [7, 11) is 0. The van der Waals surface area contributed by atoms with Crippen molar-refractivity contribution in [3.05, 3.63) is 207 Å². The summed E-state index contributed by atoms with van der Waals surface area (Å²) in [4.78, 5) is 18.1. The van der Waals surface area contributed by atoms with Crippen LogP contribution in [-0.2, 0) is 0 Å². The minimum Gasteiger partial charge on any atom is -0.265 e. The zero-order valence-electron chi connectivity index (χ0n) is 31.4. The molecule has 0 amide bonds. The molecule has 0 unspecified atom stereocenters. The Kier molecular flexibility index (Phi) is 8.11. The first-order valence-electron chi connectivity index (χ1n) is 19.5. The van der Waals surface area contributed by atoms with Crippen LogP contribution < -0.4 is 0 Å². The van der Waals surface area contributed by atoms with Gasteiger partial charge in [-0.25, -0.2) is 15.0 Å². The van der Waals surface area contributed by atoms with Crippen molar-refractivity contribution in [1.82, 2.24) is 19.9 Å². The molecule has 11 rings (SSSR count). The van der Waals surface area contributed by atoms with Crippen LogP contribution in [0.2, 0.25) is 0 Å². The molecule has 0 atom stereocenters. The van der Waals surface area contributed by atoms with Crippen molar-refractivity contribution in [1.29, 1.82) is 0 Å². The fraction of sp³-hybridized carbons (Fsp3) is 0. The van der Waals surface area contributed by atoms with E-state index in [0.717, 1.165) is 33.4 Å². The molecule has 0 N–H and O–H groups in total. The van der Waals surface area contributed by atoms with Crippen LogP contribution in [0, 0.1) is 0 Å². The van der Waals surface area contributed by atoms with Crippen LogP contribution in [0.25, 0.3) is 110 Å². The second-order valence-corrected chi connectivity index (χ2v) is 14.7. The van der Waals surface area contributed by atoms with E-state index in [0.29, 0.717) is 11.6 Å². The Morgan fingerprint density at radius 3 is 1.26 bits per heavy atom. The summed E-state index contributed by atoms with van der Waals surface area (Å²) in [6.07, 6.45) is 5.21. The molecule has 0 radical (unpaired) electrons. The van der Waals surface area contributed by atoms with Gasteiger partial charge in [0.1, 0.15) is 6.33 Å². The van der Waals surface area contributed by atoms with Crippen LogP contribution in [-0.4, -0.2) is 19.9 Å². The summed E-state index contributed by atoms with van der Waals surface area (Å²) in [6, 6.07) is 67.6. The summed E-state index contributed by atoms with van der Waals surface area (Å²) in [5.74, 6) is 1.28. The van der Waals surface area contributed by atoms with Crippen molar-refractivity contribution < 1.29 is 0 Å². The molecule has 0 aliphatic heterocycles. The molecular formula is C54H34N4.